The van der Waals surface area contributed by atoms with Gasteiger partial charge in [0.15, 0.2) is 0 Å². The minimum atomic E-state index is -0.205. The second-order valence-corrected chi connectivity index (χ2v) is 17.6. The minimum absolute atomic E-state index is 0.205. The van der Waals surface area contributed by atoms with Crippen LogP contribution in [0.3, 0.4) is 0 Å². The van der Waals surface area contributed by atoms with Crippen molar-refractivity contribution in [2.45, 2.75) is 19.3 Å². The molecule has 0 unspecified atom stereocenters. The number of anilines is 3. The number of nitrogens with zero attached hydrogens (tertiary/aromatic N) is 2. The Balaban J connectivity index is 1.20. The zero-order chi connectivity index (χ0) is 43.5. The first-order valence-electron chi connectivity index (χ1n) is 22.6. The van der Waals surface area contributed by atoms with E-state index in [1.807, 2.05) is 0 Å². The minimum Gasteiger partial charge on any atom is -0.309 e. The van der Waals surface area contributed by atoms with Crippen LogP contribution in [0.5, 0.6) is 0 Å². The van der Waals surface area contributed by atoms with E-state index in [0.717, 1.165) is 28.3 Å². The molecule has 0 fully saturated rings. The van der Waals surface area contributed by atoms with E-state index in [9.17, 15) is 0 Å². The summed E-state index contributed by atoms with van der Waals surface area (Å²) in [5.74, 6) is 0. The Hall–Kier alpha value is -8.20. The van der Waals surface area contributed by atoms with Crippen molar-refractivity contribution in [1.29, 1.82) is 0 Å². The smallest absolute Gasteiger partial charge is 0.0561 e. The van der Waals surface area contributed by atoms with Gasteiger partial charge in [0.25, 0.3) is 0 Å². The summed E-state index contributed by atoms with van der Waals surface area (Å²) in [5, 5.41) is 2.45. The van der Waals surface area contributed by atoms with Gasteiger partial charge < -0.3 is 9.47 Å². The second kappa shape index (κ2) is 15.6. The van der Waals surface area contributed by atoms with Gasteiger partial charge in [0.2, 0.25) is 0 Å². The maximum absolute atomic E-state index is 2.54. The van der Waals surface area contributed by atoms with Crippen LogP contribution in [0.4, 0.5) is 17.1 Å². The van der Waals surface area contributed by atoms with Crippen LogP contribution < -0.4 is 4.90 Å². The van der Waals surface area contributed by atoms with Crippen LogP contribution in [-0.2, 0) is 5.41 Å². The van der Waals surface area contributed by atoms with Gasteiger partial charge in [-0.2, -0.15) is 0 Å². The average Bonchev–Trinajstić information content (AvgIpc) is 3.83. The third-order valence-corrected chi connectivity index (χ3v) is 13.6. The molecule has 0 atom stereocenters. The number of fused-ring (bicyclic) bond motifs is 6. The van der Waals surface area contributed by atoms with Gasteiger partial charge in [-0.15, -0.1) is 0 Å². The van der Waals surface area contributed by atoms with E-state index in [1.165, 1.54) is 83.1 Å². The number of aromatic nitrogens is 1. The molecule has 1 aliphatic carbocycles. The van der Waals surface area contributed by atoms with Crippen LogP contribution in [0, 0.1) is 0 Å². The highest BCUT2D eigenvalue weighted by Crippen LogP contribution is 2.55. The molecule has 0 spiro atoms. The van der Waals surface area contributed by atoms with E-state index < -0.39 is 0 Å². The van der Waals surface area contributed by atoms with Gasteiger partial charge >= 0.3 is 0 Å². The van der Waals surface area contributed by atoms with Crippen LogP contribution >= 0.6 is 0 Å². The van der Waals surface area contributed by atoms with Gasteiger partial charge in [0.05, 0.1) is 22.4 Å². The zero-order valence-electron chi connectivity index (χ0n) is 36.5. The second-order valence-electron chi connectivity index (χ2n) is 17.6. The third kappa shape index (κ3) is 6.25. The highest BCUT2D eigenvalue weighted by atomic mass is 15.2. The summed E-state index contributed by atoms with van der Waals surface area (Å²) >= 11 is 0. The van der Waals surface area contributed by atoms with Crippen LogP contribution in [0.25, 0.3) is 83.1 Å². The monoisotopic (exact) mass is 830 g/mol. The first kappa shape index (κ1) is 38.5. The fourth-order valence-corrected chi connectivity index (χ4v) is 10.8. The Morgan fingerprint density at radius 1 is 0.354 bits per heavy atom. The summed E-state index contributed by atoms with van der Waals surface area (Å²) in [6.07, 6.45) is 0. The molecule has 12 rings (SSSR count). The maximum Gasteiger partial charge on any atom is 0.0561 e. The Bertz CT molecular complexity index is 3560. The number of hydrogen-bond acceptors (Lipinski definition) is 1. The Morgan fingerprint density at radius 3 is 1.62 bits per heavy atom. The standard InChI is InChI=1S/C63H46N2/c1-63(2)56-36-17-14-29-49(56)54-34-20-35-55(62(54)63)51-31-16-19-38-58(51)65(46-40-41-52-50-30-15-18-37-57(50)64(60(52)42-46)45-26-10-5-11-27-45)59-39-21-33-48(44-24-8-4-9-25-44)61(59)53-32-13-12-28-47(53)43-22-6-3-7-23-43/h3-42H,1-2H3. The number of hydrogen-bond donors (Lipinski definition) is 0. The van der Waals surface area contributed by atoms with Crippen molar-refractivity contribution in [1.82, 2.24) is 4.57 Å². The molecule has 11 aromatic rings. The highest BCUT2D eigenvalue weighted by molar-refractivity contribution is 6.11. The molecule has 65 heavy (non-hydrogen) atoms. The van der Waals surface area contributed by atoms with Crippen LogP contribution in [0.2, 0.25) is 0 Å². The average molecular weight is 831 g/mol. The van der Waals surface area contributed by atoms with Gasteiger partial charge in [-0.25, -0.2) is 0 Å². The molecule has 1 aromatic heterocycles. The molecule has 0 radical (unpaired) electrons. The molecule has 1 aliphatic rings. The predicted octanol–water partition coefficient (Wildman–Crippen LogP) is 17.2. The van der Waals surface area contributed by atoms with Crippen molar-refractivity contribution in [2.24, 2.45) is 0 Å². The van der Waals surface area contributed by atoms with Crippen molar-refractivity contribution in [2.75, 3.05) is 4.90 Å². The molecule has 1 heterocycles. The predicted molar refractivity (Wildman–Crippen MR) is 275 cm³/mol. The molecule has 10 aromatic carbocycles. The summed E-state index contributed by atoms with van der Waals surface area (Å²) in [6.45, 7) is 4.78. The Morgan fingerprint density at radius 2 is 0.862 bits per heavy atom. The topological polar surface area (TPSA) is 8.17 Å². The normalized spacial score (nSPS) is 12.6. The van der Waals surface area contributed by atoms with Crippen molar-refractivity contribution in [3.8, 4) is 61.3 Å². The number of rotatable bonds is 8. The summed E-state index contributed by atoms with van der Waals surface area (Å²) in [6, 6.07) is 89.0. The van der Waals surface area contributed by atoms with Gasteiger partial charge in [-0.1, -0.05) is 214 Å². The molecule has 0 aliphatic heterocycles. The third-order valence-electron chi connectivity index (χ3n) is 13.6. The van der Waals surface area contributed by atoms with E-state index in [0.29, 0.717) is 0 Å². The van der Waals surface area contributed by atoms with Crippen molar-refractivity contribution in [3.05, 3.63) is 254 Å². The molecule has 308 valence electrons. The SMILES string of the molecule is CC1(C)c2ccccc2-c2cccc(-c3ccccc3N(c3ccc4c5ccccc5n(-c5ccccc5)c4c3)c3cccc(-c4ccccc4)c3-c3ccccc3-c3ccccc3)c21. The van der Waals surface area contributed by atoms with Crippen LogP contribution in [0.15, 0.2) is 243 Å². The molecule has 0 saturated carbocycles. The largest absolute Gasteiger partial charge is 0.309 e. The molecule has 0 saturated heterocycles. The lowest BCUT2D eigenvalue weighted by atomic mass is 9.78. The lowest BCUT2D eigenvalue weighted by Gasteiger charge is -2.32. The summed E-state index contributed by atoms with van der Waals surface area (Å²) in [4.78, 5) is 2.54. The molecule has 2 nitrogen and oxygen atoms in total. The van der Waals surface area contributed by atoms with Crippen LogP contribution in [0.1, 0.15) is 25.0 Å². The van der Waals surface area contributed by atoms with E-state index in [-0.39, 0.29) is 5.41 Å². The van der Waals surface area contributed by atoms with Gasteiger partial charge in [-0.05, 0) is 98.1 Å². The zero-order valence-corrected chi connectivity index (χ0v) is 36.5. The molecule has 0 amide bonds. The number of para-hydroxylation sites is 3. The molecule has 0 bridgehead atoms. The van der Waals surface area contributed by atoms with E-state index in [2.05, 4.69) is 266 Å². The first-order chi connectivity index (χ1) is 32.1. The van der Waals surface area contributed by atoms with E-state index in [4.69, 9.17) is 0 Å². The van der Waals surface area contributed by atoms with E-state index >= 15 is 0 Å². The van der Waals surface area contributed by atoms with Crippen molar-refractivity contribution < 1.29 is 0 Å². The summed E-state index contributed by atoms with van der Waals surface area (Å²) in [7, 11) is 0. The maximum atomic E-state index is 2.54. The van der Waals surface area contributed by atoms with E-state index in [1.54, 1.807) is 0 Å². The lowest BCUT2D eigenvalue weighted by Crippen LogP contribution is -2.17. The highest BCUT2D eigenvalue weighted by Gasteiger charge is 2.38. The van der Waals surface area contributed by atoms with Gasteiger partial charge in [0, 0.05) is 38.7 Å². The quantitative estimate of drug-likeness (QED) is 0.148. The lowest BCUT2D eigenvalue weighted by molar-refractivity contribution is 0.662. The fraction of sp³-hybridized carbons (Fsp3) is 0.0476. The molecular formula is C63H46N2. The molecular weight excluding hydrogens is 785 g/mol. The van der Waals surface area contributed by atoms with Gasteiger partial charge in [-0.3, -0.25) is 0 Å². The van der Waals surface area contributed by atoms with Crippen LogP contribution in [-0.4, -0.2) is 4.57 Å². The first-order valence-corrected chi connectivity index (χ1v) is 22.6. The summed E-state index contributed by atoms with van der Waals surface area (Å²) < 4.78 is 2.42. The fourth-order valence-electron chi connectivity index (χ4n) is 10.8. The Labute approximate surface area is 381 Å². The summed E-state index contributed by atoms with van der Waals surface area (Å²) in [5.41, 5.74) is 21.4. The van der Waals surface area contributed by atoms with Gasteiger partial charge in [0.1, 0.15) is 0 Å². The molecule has 2 heteroatoms. The van der Waals surface area contributed by atoms with Crippen molar-refractivity contribution >= 4 is 38.9 Å². The number of benzene rings is 10. The Kier molecular flexibility index (Phi) is 9.21. The van der Waals surface area contributed by atoms with Crippen molar-refractivity contribution in [3.63, 3.8) is 0 Å². The molecule has 0 N–H and O–H groups in total.